The molecule has 0 heterocycles. The number of hydrogen-bond donors (Lipinski definition) is 3. The Bertz CT molecular complexity index is 256. The summed E-state index contributed by atoms with van der Waals surface area (Å²) < 4.78 is 0. The number of hydrogen-bond acceptors (Lipinski definition) is 3. The number of rotatable bonds is 6. The topological polar surface area (TPSA) is 84.2 Å². The highest BCUT2D eigenvalue weighted by atomic mass is 35.5. The molecule has 106 valence electrons. The number of amides is 2. The predicted octanol–water partition coefficient (Wildman–Crippen LogP) is 0.712. The fourth-order valence-electron chi connectivity index (χ4n) is 2.08. The Kier molecular flexibility index (Phi) is 9.69. The molecular weight excluding hydrogens is 254 g/mol. The third-order valence-corrected chi connectivity index (χ3v) is 3.02. The van der Waals surface area contributed by atoms with Gasteiger partial charge in [0.05, 0.1) is 0 Å². The van der Waals surface area contributed by atoms with E-state index in [4.69, 9.17) is 5.73 Å². The minimum atomic E-state index is -0.0852. The lowest BCUT2D eigenvalue weighted by atomic mass is 9.95. The second-order valence-corrected chi connectivity index (χ2v) is 4.54. The van der Waals surface area contributed by atoms with Crippen LogP contribution in [-0.2, 0) is 9.59 Å². The standard InChI is InChI=1S/C12H23N3O2.ClH/c13-8-6-11(16)14-9-7-12(17)15-10-4-2-1-3-5-10;/h10H,1-9,13H2,(H,14,16)(H,15,17);1H. The van der Waals surface area contributed by atoms with Crippen LogP contribution in [0.15, 0.2) is 0 Å². The molecule has 1 saturated carbocycles. The van der Waals surface area contributed by atoms with Crippen LogP contribution in [0.5, 0.6) is 0 Å². The lowest BCUT2D eigenvalue weighted by Crippen LogP contribution is -2.38. The first kappa shape index (κ1) is 17.2. The van der Waals surface area contributed by atoms with E-state index in [1.54, 1.807) is 0 Å². The van der Waals surface area contributed by atoms with Crippen LogP contribution in [-0.4, -0.2) is 30.9 Å². The van der Waals surface area contributed by atoms with Crippen molar-refractivity contribution in [2.24, 2.45) is 5.73 Å². The summed E-state index contributed by atoms with van der Waals surface area (Å²) in [5.41, 5.74) is 5.24. The molecule has 0 atom stereocenters. The van der Waals surface area contributed by atoms with Gasteiger partial charge in [-0.15, -0.1) is 12.4 Å². The van der Waals surface area contributed by atoms with Crippen LogP contribution in [0, 0.1) is 0 Å². The van der Waals surface area contributed by atoms with E-state index in [-0.39, 0.29) is 24.2 Å². The fraction of sp³-hybridized carbons (Fsp3) is 0.833. The summed E-state index contributed by atoms with van der Waals surface area (Å²) in [7, 11) is 0. The van der Waals surface area contributed by atoms with Gasteiger partial charge in [0.25, 0.3) is 0 Å². The summed E-state index contributed by atoms with van der Waals surface area (Å²) in [6.07, 6.45) is 6.55. The zero-order chi connectivity index (χ0) is 12.5. The molecule has 6 heteroatoms. The number of carbonyl (C=O) groups is 2. The van der Waals surface area contributed by atoms with Crippen molar-refractivity contribution >= 4 is 24.2 Å². The maximum atomic E-state index is 11.6. The van der Waals surface area contributed by atoms with Crippen molar-refractivity contribution < 1.29 is 9.59 Å². The van der Waals surface area contributed by atoms with Gasteiger partial charge in [0.2, 0.25) is 11.8 Å². The van der Waals surface area contributed by atoms with Crippen molar-refractivity contribution in [3.63, 3.8) is 0 Å². The van der Waals surface area contributed by atoms with Crippen molar-refractivity contribution in [3.05, 3.63) is 0 Å². The molecule has 0 aromatic rings. The highest BCUT2D eigenvalue weighted by molar-refractivity contribution is 5.85. The van der Waals surface area contributed by atoms with Crippen molar-refractivity contribution in [3.8, 4) is 0 Å². The second-order valence-electron chi connectivity index (χ2n) is 4.54. The normalized spacial score (nSPS) is 15.6. The van der Waals surface area contributed by atoms with E-state index < -0.39 is 0 Å². The second kappa shape index (κ2) is 10.1. The molecule has 4 N–H and O–H groups in total. The van der Waals surface area contributed by atoms with Crippen LogP contribution in [0.2, 0.25) is 0 Å². The molecule has 1 rings (SSSR count). The summed E-state index contributed by atoms with van der Waals surface area (Å²) in [4.78, 5) is 22.7. The number of halogens is 1. The van der Waals surface area contributed by atoms with E-state index in [1.807, 2.05) is 0 Å². The first-order valence-electron chi connectivity index (χ1n) is 6.48. The SMILES string of the molecule is Cl.NCCC(=O)NCCC(=O)NC1CCCCC1. The highest BCUT2D eigenvalue weighted by Gasteiger charge is 2.15. The molecular formula is C12H24ClN3O2. The van der Waals surface area contributed by atoms with E-state index in [2.05, 4.69) is 10.6 Å². The molecule has 5 nitrogen and oxygen atoms in total. The molecule has 0 spiro atoms. The Morgan fingerprint density at radius 3 is 2.33 bits per heavy atom. The predicted molar refractivity (Wildman–Crippen MR) is 73.6 cm³/mol. The summed E-state index contributed by atoms with van der Waals surface area (Å²) in [5.74, 6) is -0.0529. The van der Waals surface area contributed by atoms with Gasteiger partial charge >= 0.3 is 0 Å². The summed E-state index contributed by atoms with van der Waals surface area (Å²) in [6.45, 7) is 0.748. The van der Waals surface area contributed by atoms with Crippen LogP contribution in [0.3, 0.4) is 0 Å². The average molecular weight is 278 g/mol. The molecule has 1 aliphatic carbocycles. The van der Waals surface area contributed by atoms with E-state index in [1.165, 1.54) is 19.3 Å². The first-order chi connectivity index (χ1) is 8.22. The zero-order valence-corrected chi connectivity index (χ0v) is 11.6. The fourth-order valence-corrected chi connectivity index (χ4v) is 2.08. The van der Waals surface area contributed by atoms with Crippen LogP contribution < -0.4 is 16.4 Å². The summed E-state index contributed by atoms with van der Waals surface area (Å²) in [6, 6.07) is 0.344. The monoisotopic (exact) mass is 277 g/mol. The Balaban J connectivity index is 0.00000289. The molecule has 1 fully saturated rings. The van der Waals surface area contributed by atoms with E-state index in [0.717, 1.165) is 12.8 Å². The smallest absolute Gasteiger partial charge is 0.221 e. The molecule has 0 aliphatic heterocycles. The Morgan fingerprint density at radius 2 is 1.72 bits per heavy atom. The largest absolute Gasteiger partial charge is 0.356 e. The van der Waals surface area contributed by atoms with E-state index in [0.29, 0.717) is 32.0 Å². The third kappa shape index (κ3) is 7.50. The summed E-state index contributed by atoms with van der Waals surface area (Å²) in [5, 5.41) is 5.68. The molecule has 0 aromatic heterocycles. The number of nitrogens with two attached hydrogens (primary N) is 1. The maximum Gasteiger partial charge on any atom is 0.221 e. The third-order valence-electron chi connectivity index (χ3n) is 3.02. The van der Waals surface area contributed by atoms with Gasteiger partial charge in [-0.3, -0.25) is 9.59 Å². The summed E-state index contributed by atoms with van der Waals surface area (Å²) >= 11 is 0. The molecule has 0 bridgehead atoms. The Hall–Kier alpha value is -0.810. The molecule has 0 saturated heterocycles. The van der Waals surface area contributed by atoms with E-state index >= 15 is 0 Å². The van der Waals surface area contributed by atoms with E-state index in [9.17, 15) is 9.59 Å². The molecule has 2 amide bonds. The first-order valence-corrected chi connectivity index (χ1v) is 6.48. The van der Waals surface area contributed by atoms with Gasteiger partial charge in [0, 0.05) is 32.0 Å². The molecule has 0 unspecified atom stereocenters. The van der Waals surface area contributed by atoms with Crippen LogP contribution in [0.25, 0.3) is 0 Å². The number of carbonyl (C=O) groups excluding carboxylic acids is 2. The highest BCUT2D eigenvalue weighted by Crippen LogP contribution is 2.17. The van der Waals surface area contributed by atoms with Gasteiger partial charge in [-0.25, -0.2) is 0 Å². The van der Waals surface area contributed by atoms with Crippen molar-refractivity contribution in [1.82, 2.24) is 10.6 Å². The maximum absolute atomic E-state index is 11.6. The van der Waals surface area contributed by atoms with Gasteiger partial charge in [-0.2, -0.15) is 0 Å². The van der Waals surface area contributed by atoms with Crippen molar-refractivity contribution in [2.75, 3.05) is 13.1 Å². The molecule has 0 aromatic carbocycles. The Morgan fingerprint density at radius 1 is 1.06 bits per heavy atom. The van der Waals surface area contributed by atoms with Crippen LogP contribution in [0.4, 0.5) is 0 Å². The minimum Gasteiger partial charge on any atom is -0.356 e. The quantitative estimate of drug-likeness (QED) is 0.669. The van der Waals surface area contributed by atoms with Gasteiger partial charge in [0.1, 0.15) is 0 Å². The minimum absolute atomic E-state index is 0. The van der Waals surface area contributed by atoms with Gasteiger partial charge < -0.3 is 16.4 Å². The average Bonchev–Trinajstić information content (AvgIpc) is 2.30. The number of nitrogens with one attached hydrogen (secondary N) is 2. The zero-order valence-electron chi connectivity index (χ0n) is 10.7. The molecule has 18 heavy (non-hydrogen) atoms. The lowest BCUT2D eigenvalue weighted by molar-refractivity contribution is -0.122. The van der Waals surface area contributed by atoms with Crippen LogP contribution in [0.1, 0.15) is 44.9 Å². The van der Waals surface area contributed by atoms with Crippen LogP contribution >= 0.6 is 12.4 Å². The molecule has 1 aliphatic rings. The van der Waals surface area contributed by atoms with Crippen molar-refractivity contribution in [1.29, 1.82) is 0 Å². The lowest BCUT2D eigenvalue weighted by Gasteiger charge is -2.22. The van der Waals surface area contributed by atoms with Gasteiger partial charge in [0.15, 0.2) is 0 Å². The van der Waals surface area contributed by atoms with Gasteiger partial charge in [-0.05, 0) is 12.8 Å². The molecule has 0 radical (unpaired) electrons. The van der Waals surface area contributed by atoms with Crippen molar-refractivity contribution in [2.45, 2.75) is 51.0 Å². The van der Waals surface area contributed by atoms with Gasteiger partial charge in [-0.1, -0.05) is 19.3 Å². The Labute approximate surface area is 115 Å².